The van der Waals surface area contributed by atoms with Gasteiger partial charge in [0.2, 0.25) is 0 Å². The maximum Gasteiger partial charge on any atom is 0.330 e. The van der Waals surface area contributed by atoms with Crippen LogP contribution in [0.1, 0.15) is 31.7 Å². The van der Waals surface area contributed by atoms with Crippen LogP contribution in [0.3, 0.4) is 0 Å². The number of unbranched alkanes of at least 4 members (excludes halogenated alkanes) is 2. The first kappa shape index (κ1) is 16.6. The molecule has 26 heavy (non-hydrogen) atoms. The van der Waals surface area contributed by atoms with Crippen molar-refractivity contribution in [2.75, 3.05) is 0 Å². The van der Waals surface area contributed by atoms with Crippen molar-refractivity contribution in [3.05, 3.63) is 71.8 Å². The van der Waals surface area contributed by atoms with Crippen molar-refractivity contribution in [3.63, 3.8) is 0 Å². The summed E-state index contributed by atoms with van der Waals surface area (Å²) in [6, 6.07) is 19.9. The van der Waals surface area contributed by atoms with Crippen molar-refractivity contribution in [1.82, 2.24) is 0 Å². The van der Waals surface area contributed by atoms with Crippen LogP contribution >= 0.6 is 0 Å². The average Bonchev–Trinajstić information content (AvgIpc) is 2.66. The molecule has 0 saturated heterocycles. The lowest BCUT2D eigenvalue weighted by Crippen LogP contribution is -1.95. The molecule has 4 aromatic rings. The highest BCUT2D eigenvalue weighted by atomic mass is 16.4. The summed E-state index contributed by atoms with van der Waals surface area (Å²) < 4.78 is 0. The Morgan fingerprint density at radius 2 is 1.54 bits per heavy atom. The molecule has 0 aliphatic heterocycles. The smallest absolute Gasteiger partial charge is 0.330 e. The van der Waals surface area contributed by atoms with Crippen LogP contribution in [0.25, 0.3) is 32.3 Å². The fraction of sp³-hybridized carbons (Fsp3) is 0.208. The third kappa shape index (κ3) is 2.92. The lowest BCUT2D eigenvalue weighted by molar-refractivity contribution is -0.132. The number of hydrogen-bond donors (Lipinski definition) is 1. The molecule has 0 unspecified atom stereocenters. The van der Waals surface area contributed by atoms with E-state index in [9.17, 15) is 4.79 Å². The number of aryl methyl sites for hydroxylation is 1. The number of carbonyl (C=O) groups is 1. The molecule has 0 radical (unpaired) electrons. The molecule has 0 aromatic heterocycles. The molecule has 4 rings (SSSR count). The number of allylic oxidation sites excluding steroid dienone is 1. The molecule has 0 heterocycles. The Labute approximate surface area is 153 Å². The largest absolute Gasteiger partial charge is 0.478 e. The van der Waals surface area contributed by atoms with Crippen LogP contribution in [0.2, 0.25) is 0 Å². The van der Waals surface area contributed by atoms with Crippen LogP contribution in [0.15, 0.2) is 66.2 Å². The fourth-order valence-corrected chi connectivity index (χ4v) is 3.88. The molecule has 0 saturated carbocycles. The third-order valence-corrected chi connectivity index (χ3v) is 5.31. The zero-order valence-electron chi connectivity index (χ0n) is 15.0. The summed E-state index contributed by atoms with van der Waals surface area (Å²) in [5, 5.41) is 16.9. The van der Waals surface area contributed by atoms with Gasteiger partial charge in [-0.2, -0.15) is 0 Å². The monoisotopic (exact) mass is 342 g/mol. The van der Waals surface area contributed by atoms with E-state index < -0.39 is 5.97 Å². The van der Waals surface area contributed by atoms with Gasteiger partial charge in [-0.25, -0.2) is 4.79 Å². The Bertz CT molecular complexity index is 1110. The quantitative estimate of drug-likeness (QED) is 0.253. The second-order valence-electron chi connectivity index (χ2n) is 7.02. The Kier molecular flexibility index (Phi) is 4.34. The van der Waals surface area contributed by atoms with Gasteiger partial charge in [0.15, 0.2) is 0 Å². The average molecular weight is 342 g/mol. The minimum absolute atomic E-state index is 0.438. The predicted octanol–water partition coefficient (Wildman–Crippen LogP) is 6.33. The maximum atomic E-state index is 10.8. The van der Waals surface area contributed by atoms with E-state index in [1.807, 2.05) is 6.08 Å². The van der Waals surface area contributed by atoms with Gasteiger partial charge < -0.3 is 5.11 Å². The van der Waals surface area contributed by atoms with E-state index in [1.165, 1.54) is 37.9 Å². The molecule has 0 aliphatic rings. The fourth-order valence-electron chi connectivity index (χ4n) is 3.88. The Balaban J connectivity index is 1.62. The van der Waals surface area contributed by atoms with E-state index in [0.717, 1.165) is 25.7 Å². The lowest BCUT2D eigenvalue weighted by atomic mass is 9.90. The molecule has 0 amide bonds. The number of hydrogen-bond acceptors (Lipinski definition) is 1. The predicted molar refractivity (Wildman–Crippen MR) is 109 cm³/mol. The van der Waals surface area contributed by atoms with Crippen molar-refractivity contribution in [2.24, 2.45) is 0 Å². The molecule has 0 fully saturated rings. The number of carboxylic acid groups (broad SMARTS) is 1. The summed E-state index contributed by atoms with van der Waals surface area (Å²) in [4.78, 5) is 10.8. The summed E-state index contributed by atoms with van der Waals surface area (Å²) in [5.41, 5.74) is 1.82. The van der Waals surface area contributed by atoms with E-state index in [1.54, 1.807) is 6.92 Å². The normalized spacial score (nSPS) is 12.4. The summed E-state index contributed by atoms with van der Waals surface area (Å²) in [5.74, 6) is -0.822. The van der Waals surface area contributed by atoms with Crippen molar-refractivity contribution < 1.29 is 9.90 Å². The van der Waals surface area contributed by atoms with E-state index in [2.05, 4.69) is 54.6 Å². The highest BCUT2D eigenvalue weighted by Crippen LogP contribution is 2.36. The standard InChI is InChI=1S/C24H22O2/c1-16(24(25)26)6-3-2-4-7-17-10-11-20-13-12-18-8-5-9-19-14-15-21(17)23(20)22(18)19/h5-6,8-15H,2-4,7H2,1H3,(H,25,26). The van der Waals surface area contributed by atoms with Crippen molar-refractivity contribution in [1.29, 1.82) is 0 Å². The molecular formula is C24H22O2. The summed E-state index contributed by atoms with van der Waals surface area (Å²) in [6.07, 6.45) is 5.74. The SMILES string of the molecule is CC(=CCCCCc1ccc2ccc3cccc4ccc1c2c34)C(=O)O. The molecule has 4 aromatic carbocycles. The van der Waals surface area contributed by atoms with Crippen LogP contribution in [-0.2, 0) is 11.2 Å². The minimum Gasteiger partial charge on any atom is -0.478 e. The van der Waals surface area contributed by atoms with E-state index >= 15 is 0 Å². The van der Waals surface area contributed by atoms with Crippen LogP contribution in [0.5, 0.6) is 0 Å². The first-order valence-corrected chi connectivity index (χ1v) is 9.20. The third-order valence-electron chi connectivity index (χ3n) is 5.31. The molecule has 0 spiro atoms. The van der Waals surface area contributed by atoms with Gasteiger partial charge in [-0.1, -0.05) is 60.7 Å². The number of rotatable bonds is 6. The van der Waals surface area contributed by atoms with Crippen molar-refractivity contribution in [2.45, 2.75) is 32.6 Å². The van der Waals surface area contributed by atoms with Gasteiger partial charge in [-0.05, 0) is 70.5 Å². The Morgan fingerprint density at radius 1 is 0.885 bits per heavy atom. The number of benzene rings is 4. The molecule has 0 atom stereocenters. The molecular weight excluding hydrogens is 320 g/mol. The first-order valence-electron chi connectivity index (χ1n) is 9.20. The van der Waals surface area contributed by atoms with Crippen LogP contribution in [-0.4, -0.2) is 11.1 Å². The van der Waals surface area contributed by atoms with Gasteiger partial charge in [-0.3, -0.25) is 0 Å². The Morgan fingerprint density at radius 3 is 2.27 bits per heavy atom. The highest BCUT2D eigenvalue weighted by Gasteiger charge is 2.10. The highest BCUT2D eigenvalue weighted by molar-refractivity contribution is 6.23. The van der Waals surface area contributed by atoms with Crippen molar-refractivity contribution in [3.8, 4) is 0 Å². The zero-order chi connectivity index (χ0) is 18.1. The van der Waals surface area contributed by atoms with Crippen molar-refractivity contribution >= 4 is 38.3 Å². The molecule has 1 N–H and O–H groups in total. The molecule has 0 aliphatic carbocycles. The second kappa shape index (κ2) is 6.80. The van der Waals surface area contributed by atoms with E-state index in [0.29, 0.717) is 5.57 Å². The van der Waals surface area contributed by atoms with Gasteiger partial charge in [0, 0.05) is 5.57 Å². The van der Waals surface area contributed by atoms with Crippen LogP contribution in [0, 0.1) is 0 Å². The second-order valence-corrected chi connectivity index (χ2v) is 7.02. The van der Waals surface area contributed by atoms with E-state index in [-0.39, 0.29) is 0 Å². The topological polar surface area (TPSA) is 37.3 Å². The van der Waals surface area contributed by atoms with Crippen LogP contribution < -0.4 is 0 Å². The van der Waals surface area contributed by atoms with Gasteiger partial charge in [0.1, 0.15) is 0 Å². The lowest BCUT2D eigenvalue weighted by Gasteiger charge is -2.13. The molecule has 2 nitrogen and oxygen atoms in total. The Hall–Kier alpha value is -2.87. The number of aliphatic carboxylic acids is 1. The van der Waals surface area contributed by atoms with Gasteiger partial charge in [0.05, 0.1) is 0 Å². The zero-order valence-corrected chi connectivity index (χ0v) is 15.0. The van der Waals surface area contributed by atoms with Gasteiger partial charge in [0.25, 0.3) is 0 Å². The molecule has 2 heteroatoms. The van der Waals surface area contributed by atoms with Crippen LogP contribution in [0.4, 0.5) is 0 Å². The van der Waals surface area contributed by atoms with Gasteiger partial charge in [-0.15, -0.1) is 0 Å². The summed E-state index contributed by atoms with van der Waals surface area (Å²) in [7, 11) is 0. The number of carboxylic acids is 1. The minimum atomic E-state index is -0.822. The first-order chi connectivity index (χ1) is 12.6. The molecule has 130 valence electrons. The summed E-state index contributed by atoms with van der Waals surface area (Å²) in [6.45, 7) is 1.66. The van der Waals surface area contributed by atoms with Gasteiger partial charge >= 0.3 is 5.97 Å². The van der Waals surface area contributed by atoms with E-state index in [4.69, 9.17) is 5.11 Å². The molecule has 0 bridgehead atoms. The summed E-state index contributed by atoms with van der Waals surface area (Å²) >= 11 is 0. The maximum absolute atomic E-state index is 10.8.